The van der Waals surface area contributed by atoms with Gasteiger partial charge in [-0.1, -0.05) is 15.9 Å². The summed E-state index contributed by atoms with van der Waals surface area (Å²) in [5, 5.41) is 9.92. The Morgan fingerprint density at radius 1 is 1.60 bits per heavy atom. The number of rotatable bonds is 2. The molecule has 1 N–H and O–H groups in total. The standard InChI is InChI=1S/C11H11BrO3/c1-14-5-4-10-11(13)8-6-7(12)2-3-9(8)15-10/h2-4,6,11,13H,5H2,1H3/b10-4-/t11-/m0/s1. The summed E-state index contributed by atoms with van der Waals surface area (Å²) in [6.07, 6.45) is 1.05. The summed E-state index contributed by atoms with van der Waals surface area (Å²) >= 11 is 3.35. The van der Waals surface area contributed by atoms with E-state index in [9.17, 15) is 5.11 Å². The van der Waals surface area contributed by atoms with Crippen LogP contribution >= 0.6 is 15.9 Å². The van der Waals surface area contributed by atoms with Crippen LogP contribution in [-0.4, -0.2) is 18.8 Å². The maximum atomic E-state index is 9.92. The summed E-state index contributed by atoms with van der Waals surface area (Å²) in [5.41, 5.74) is 0.784. The van der Waals surface area contributed by atoms with E-state index < -0.39 is 6.10 Å². The molecule has 15 heavy (non-hydrogen) atoms. The zero-order chi connectivity index (χ0) is 10.8. The molecular weight excluding hydrogens is 260 g/mol. The first kappa shape index (κ1) is 10.7. The molecule has 0 spiro atoms. The molecule has 0 saturated heterocycles. The lowest BCUT2D eigenvalue weighted by Gasteiger charge is -2.02. The third-order valence-electron chi connectivity index (χ3n) is 2.21. The first-order chi connectivity index (χ1) is 7.22. The van der Waals surface area contributed by atoms with Gasteiger partial charge in [0.25, 0.3) is 0 Å². The fourth-order valence-corrected chi connectivity index (χ4v) is 1.86. The number of hydrogen-bond acceptors (Lipinski definition) is 3. The van der Waals surface area contributed by atoms with Crippen LogP contribution in [0.2, 0.25) is 0 Å². The summed E-state index contributed by atoms with van der Waals surface area (Å²) in [6.45, 7) is 0.432. The number of aliphatic hydroxyl groups excluding tert-OH is 1. The molecule has 0 fully saturated rings. The second-order valence-electron chi connectivity index (χ2n) is 3.25. The van der Waals surface area contributed by atoms with E-state index in [1.54, 1.807) is 13.2 Å². The molecule has 80 valence electrons. The summed E-state index contributed by atoms with van der Waals surface area (Å²) in [4.78, 5) is 0. The molecule has 1 atom stereocenters. The molecule has 1 aromatic carbocycles. The minimum Gasteiger partial charge on any atom is -0.458 e. The van der Waals surface area contributed by atoms with Crippen LogP contribution in [0.1, 0.15) is 11.7 Å². The maximum Gasteiger partial charge on any atom is 0.140 e. The molecule has 1 aromatic rings. The molecule has 0 unspecified atom stereocenters. The first-order valence-electron chi connectivity index (χ1n) is 4.56. The van der Waals surface area contributed by atoms with Gasteiger partial charge in [-0.3, -0.25) is 0 Å². The largest absolute Gasteiger partial charge is 0.458 e. The second-order valence-corrected chi connectivity index (χ2v) is 4.16. The Kier molecular flexibility index (Phi) is 3.09. The van der Waals surface area contributed by atoms with Crippen molar-refractivity contribution in [2.75, 3.05) is 13.7 Å². The van der Waals surface area contributed by atoms with Gasteiger partial charge in [0.05, 0.1) is 6.61 Å². The molecule has 0 saturated carbocycles. The molecule has 4 heteroatoms. The molecule has 1 aliphatic heterocycles. The number of methoxy groups -OCH3 is 1. The number of halogens is 1. The van der Waals surface area contributed by atoms with E-state index in [0.29, 0.717) is 18.1 Å². The van der Waals surface area contributed by atoms with Gasteiger partial charge in [0.2, 0.25) is 0 Å². The molecule has 3 nitrogen and oxygen atoms in total. The monoisotopic (exact) mass is 270 g/mol. The van der Waals surface area contributed by atoms with Gasteiger partial charge in [0, 0.05) is 17.1 Å². The third-order valence-corrected chi connectivity index (χ3v) is 2.71. The number of aliphatic hydroxyl groups is 1. The Morgan fingerprint density at radius 3 is 3.13 bits per heavy atom. The van der Waals surface area contributed by atoms with Gasteiger partial charge in [-0.05, 0) is 24.3 Å². The lowest BCUT2D eigenvalue weighted by atomic mass is 10.1. The van der Waals surface area contributed by atoms with Crippen LogP contribution in [0.4, 0.5) is 0 Å². The summed E-state index contributed by atoms with van der Waals surface area (Å²) < 4.78 is 11.3. The van der Waals surface area contributed by atoms with Crippen LogP contribution in [0.5, 0.6) is 5.75 Å². The molecule has 1 heterocycles. The highest BCUT2D eigenvalue weighted by Gasteiger charge is 2.27. The summed E-state index contributed by atoms with van der Waals surface area (Å²) in [7, 11) is 1.60. The van der Waals surface area contributed by atoms with Crippen molar-refractivity contribution in [3.8, 4) is 5.75 Å². The lowest BCUT2D eigenvalue weighted by Crippen LogP contribution is -1.99. The smallest absolute Gasteiger partial charge is 0.140 e. The van der Waals surface area contributed by atoms with Crippen molar-refractivity contribution < 1.29 is 14.6 Å². The van der Waals surface area contributed by atoms with Gasteiger partial charge < -0.3 is 14.6 Å². The van der Waals surface area contributed by atoms with E-state index in [-0.39, 0.29) is 0 Å². The van der Waals surface area contributed by atoms with Crippen LogP contribution in [0.25, 0.3) is 0 Å². The Bertz CT molecular complexity index is 401. The fourth-order valence-electron chi connectivity index (χ4n) is 1.48. The Hall–Kier alpha value is -0.840. The van der Waals surface area contributed by atoms with Crippen molar-refractivity contribution in [2.24, 2.45) is 0 Å². The van der Waals surface area contributed by atoms with Crippen LogP contribution in [0.15, 0.2) is 34.5 Å². The summed E-state index contributed by atoms with van der Waals surface area (Å²) in [5.74, 6) is 1.23. The van der Waals surface area contributed by atoms with Crippen LogP contribution < -0.4 is 4.74 Å². The minimum absolute atomic E-state index is 0.432. The number of hydrogen-bond donors (Lipinski definition) is 1. The molecule has 0 bridgehead atoms. The van der Waals surface area contributed by atoms with E-state index in [4.69, 9.17) is 9.47 Å². The predicted octanol–water partition coefficient (Wildman–Crippen LogP) is 2.41. The Morgan fingerprint density at radius 2 is 2.40 bits per heavy atom. The molecular formula is C11H11BrO3. The number of ether oxygens (including phenoxy) is 2. The zero-order valence-electron chi connectivity index (χ0n) is 8.24. The van der Waals surface area contributed by atoms with Crippen molar-refractivity contribution in [2.45, 2.75) is 6.10 Å². The third kappa shape index (κ3) is 2.07. The average Bonchev–Trinajstić information content (AvgIpc) is 2.53. The van der Waals surface area contributed by atoms with E-state index >= 15 is 0 Å². The van der Waals surface area contributed by atoms with Crippen molar-refractivity contribution >= 4 is 15.9 Å². The van der Waals surface area contributed by atoms with Crippen molar-refractivity contribution in [1.82, 2.24) is 0 Å². The SMILES string of the molecule is COC/C=C1\Oc2ccc(Br)cc2[C@@H]1O. The van der Waals surface area contributed by atoms with Gasteiger partial charge in [-0.25, -0.2) is 0 Å². The van der Waals surface area contributed by atoms with Gasteiger partial charge >= 0.3 is 0 Å². The van der Waals surface area contributed by atoms with Crippen LogP contribution in [0.3, 0.4) is 0 Å². The second kappa shape index (κ2) is 4.35. The fraction of sp³-hybridized carbons (Fsp3) is 0.273. The van der Waals surface area contributed by atoms with Crippen molar-refractivity contribution in [3.63, 3.8) is 0 Å². The lowest BCUT2D eigenvalue weighted by molar-refractivity contribution is 0.183. The quantitative estimate of drug-likeness (QED) is 0.897. The van der Waals surface area contributed by atoms with Gasteiger partial charge in [-0.15, -0.1) is 0 Å². The van der Waals surface area contributed by atoms with E-state index in [2.05, 4.69) is 15.9 Å². The molecule has 0 aromatic heterocycles. The summed E-state index contributed by atoms with van der Waals surface area (Å²) in [6, 6.07) is 5.56. The molecule has 0 amide bonds. The van der Waals surface area contributed by atoms with Crippen LogP contribution in [0, 0.1) is 0 Å². The molecule has 0 aliphatic carbocycles. The highest BCUT2D eigenvalue weighted by Crippen LogP contribution is 2.40. The minimum atomic E-state index is -0.687. The highest BCUT2D eigenvalue weighted by atomic mass is 79.9. The molecule has 0 radical (unpaired) electrons. The van der Waals surface area contributed by atoms with E-state index in [0.717, 1.165) is 10.0 Å². The number of fused-ring (bicyclic) bond motifs is 1. The predicted molar refractivity (Wildman–Crippen MR) is 59.7 cm³/mol. The van der Waals surface area contributed by atoms with Gasteiger partial charge in [0.1, 0.15) is 17.6 Å². The molecule has 2 rings (SSSR count). The van der Waals surface area contributed by atoms with Crippen molar-refractivity contribution in [3.05, 3.63) is 40.1 Å². The normalized spacial score (nSPS) is 21.5. The average molecular weight is 271 g/mol. The Balaban J connectivity index is 2.29. The van der Waals surface area contributed by atoms with E-state index in [1.807, 2.05) is 18.2 Å². The van der Waals surface area contributed by atoms with Gasteiger partial charge in [-0.2, -0.15) is 0 Å². The maximum absolute atomic E-state index is 9.92. The first-order valence-corrected chi connectivity index (χ1v) is 5.36. The number of benzene rings is 1. The van der Waals surface area contributed by atoms with E-state index in [1.165, 1.54) is 0 Å². The molecule has 1 aliphatic rings. The van der Waals surface area contributed by atoms with Gasteiger partial charge in [0.15, 0.2) is 0 Å². The highest BCUT2D eigenvalue weighted by molar-refractivity contribution is 9.10. The Labute approximate surface area is 96.4 Å². The van der Waals surface area contributed by atoms with Crippen LogP contribution in [-0.2, 0) is 4.74 Å². The zero-order valence-corrected chi connectivity index (χ0v) is 9.82. The van der Waals surface area contributed by atoms with Crippen molar-refractivity contribution in [1.29, 1.82) is 0 Å². The topological polar surface area (TPSA) is 38.7 Å².